The van der Waals surface area contributed by atoms with Gasteiger partial charge in [-0.2, -0.15) is 0 Å². The van der Waals surface area contributed by atoms with E-state index >= 15 is 0 Å². The van der Waals surface area contributed by atoms with Crippen molar-refractivity contribution in [2.24, 2.45) is 17.3 Å². The highest BCUT2D eigenvalue weighted by Gasteiger charge is 2.58. The van der Waals surface area contributed by atoms with Crippen LogP contribution in [0.15, 0.2) is 0 Å². The average molecular weight is 155 g/mol. The summed E-state index contributed by atoms with van der Waals surface area (Å²) >= 11 is 0. The summed E-state index contributed by atoms with van der Waals surface area (Å²) < 4.78 is 0. The van der Waals surface area contributed by atoms with E-state index in [9.17, 15) is 0 Å². The maximum Gasteiger partial charge on any atom is 0.00136 e. The number of fused-ring (bicyclic) bond motifs is 1. The molecule has 2 atom stereocenters. The lowest BCUT2D eigenvalue weighted by molar-refractivity contribution is 0.364. The van der Waals surface area contributed by atoms with E-state index in [0.717, 1.165) is 17.3 Å². The van der Waals surface area contributed by atoms with Crippen LogP contribution in [0, 0.1) is 17.3 Å². The number of hydrogen-bond donors (Lipinski definition) is 1. The highest BCUT2D eigenvalue weighted by atomic mass is 15.0. The van der Waals surface area contributed by atoms with Gasteiger partial charge in [0.25, 0.3) is 0 Å². The van der Waals surface area contributed by atoms with E-state index in [1.165, 1.54) is 19.5 Å². The van der Waals surface area contributed by atoms with Gasteiger partial charge in [0.15, 0.2) is 0 Å². The molecule has 2 fully saturated rings. The zero-order valence-corrected chi connectivity index (χ0v) is 8.28. The number of rotatable bonds is 1. The molecule has 11 heavy (non-hydrogen) atoms. The molecule has 0 radical (unpaired) electrons. The first-order valence-corrected chi connectivity index (χ1v) is 4.96. The third-order valence-corrected chi connectivity index (χ3v) is 3.27. The molecule has 1 aliphatic heterocycles. The molecular weight excluding hydrogens is 134 g/mol. The van der Waals surface area contributed by atoms with E-state index in [4.69, 9.17) is 0 Å². The topological polar surface area (TPSA) is 12.0 Å². The summed E-state index contributed by atoms with van der Waals surface area (Å²) in [6, 6.07) is 0. The Hall–Kier alpha value is -0.0400. The minimum absolute atomic E-state index is 0.750. The Balaban J connectivity index is 0.000000281. The van der Waals surface area contributed by atoms with Gasteiger partial charge in [-0.05, 0) is 30.2 Å². The van der Waals surface area contributed by atoms with E-state index in [0.29, 0.717) is 0 Å². The van der Waals surface area contributed by atoms with Gasteiger partial charge < -0.3 is 5.32 Å². The van der Waals surface area contributed by atoms with E-state index in [1.807, 2.05) is 13.8 Å². The minimum atomic E-state index is 0.750. The summed E-state index contributed by atoms with van der Waals surface area (Å²) in [7, 11) is 0. The van der Waals surface area contributed by atoms with Crippen molar-refractivity contribution < 1.29 is 0 Å². The zero-order chi connectivity index (χ0) is 8.48. The predicted molar refractivity (Wildman–Crippen MR) is 49.6 cm³/mol. The van der Waals surface area contributed by atoms with Crippen LogP contribution in [-0.4, -0.2) is 13.1 Å². The molecule has 1 saturated carbocycles. The van der Waals surface area contributed by atoms with Crippen molar-refractivity contribution in [3.8, 4) is 0 Å². The zero-order valence-electron chi connectivity index (χ0n) is 8.28. The summed E-state index contributed by atoms with van der Waals surface area (Å²) in [5, 5.41) is 3.44. The van der Waals surface area contributed by atoms with Gasteiger partial charge in [0.1, 0.15) is 0 Å². The quantitative estimate of drug-likeness (QED) is 0.612. The molecule has 0 amide bonds. The van der Waals surface area contributed by atoms with Crippen LogP contribution in [0.2, 0.25) is 0 Å². The SMILES string of the molecule is CC.CC(C)C12CNCC1C2. The molecule has 2 aliphatic rings. The number of nitrogens with one attached hydrogen (secondary N) is 1. The Bertz CT molecular complexity index is 127. The molecule has 0 aromatic rings. The number of piperidine rings is 1. The first-order chi connectivity index (χ1) is 5.26. The van der Waals surface area contributed by atoms with Gasteiger partial charge in [0, 0.05) is 6.54 Å². The molecule has 1 nitrogen and oxygen atoms in total. The maximum absolute atomic E-state index is 3.44. The Morgan fingerprint density at radius 2 is 2.00 bits per heavy atom. The largest absolute Gasteiger partial charge is 0.316 e. The van der Waals surface area contributed by atoms with E-state index in [-0.39, 0.29) is 0 Å². The van der Waals surface area contributed by atoms with Crippen molar-refractivity contribution in [2.75, 3.05) is 13.1 Å². The van der Waals surface area contributed by atoms with Gasteiger partial charge in [-0.1, -0.05) is 27.7 Å². The van der Waals surface area contributed by atoms with Crippen molar-refractivity contribution in [2.45, 2.75) is 34.1 Å². The molecular formula is C10H21N. The lowest BCUT2D eigenvalue weighted by Gasteiger charge is -2.15. The fourth-order valence-electron chi connectivity index (χ4n) is 2.28. The molecule has 0 spiro atoms. The molecule has 1 heterocycles. The third-order valence-electron chi connectivity index (χ3n) is 3.27. The van der Waals surface area contributed by atoms with E-state index < -0.39 is 0 Å². The van der Waals surface area contributed by atoms with Crippen molar-refractivity contribution in [3.63, 3.8) is 0 Å². The first-order valence-electron chi connectivity index (χ1n) is 4.96. The second kappa shape index (κ2) is 3.14. The van der Waals surface area contributed by atoms with Crippen molar-refractivity contribution in [1.82, 2.24) is 5.32 Å². The molecule has 0 aromatic carbocycles. The summed E-state index contributed by atoms with van der Waals surface area (Å²) in [6.45, 7) is 11.3. The predicted octanol–water partition coefficient (Wildman–Crippen LogP) is 2.28. The second-order valence-corrected chi connectivity index (χ2v) is 3.92. The Morgan fingerprint density at radius 3 is 2.18 bits per heavy atom. The van der Waals surface area contributed by atoms with Gasteiger partial charge in [-0.25, -0.2) is 0 Å². The summed E-state index contributed by atoms with van der Waals surface area (Å²) in [6.07, 6.45) is 1.50. The lowest BCUT2D eigenvalue weighted by atomic mass is 9.92. The molecule has 1 saturated heterocycles. The lowest BCUT2D eigenvalue weighted by Crippen LogP contribution is -2.20. The van der Waals surface area contributed by atoms with E-state index in [1.54, 1.807) is 0 Å². The highest BCUT2D eigenvalue weighted by molar-refractivity contribution is 5.10. The van der Waals surface area contributed by atoms with Crippen LogP contribution in [0.5, 0.6) is 0 Å². The minimum Gasteiger partial charge on any atom is -0.316 e. The fraction of sp³-hybridized carbons (Fsp3) is 1.00. The molecule has 1 heteroatoms. The van der Waals surface area contributed by atoms with E-state index in [2.05, 4.69) is 19.2 Å². The summed E-state index contributed by atoms with van der Waals surface area (Å²) in [5.41, 5.74) is 0.750. The van der Waals surface area contributed by atoms with Crippen LogP contribution < -0.4 is 5.32 Å². The van der Waals surface area contributed by atoms with Crippen molar-refractivity contribution in [1.29, 1.82) is 0 Å². The molecule has 1 aliphatic carbocycles. The normalized spacial score (nSPS) is 39.5. The molecule has 0 bridgehead atoms. The number of hydrogen-bond acceptors (Lipinski definition) is 1. The first kappa shape index (κ1) is 9.05. The van der Waals surface area contributed by atoms with Crippen LogP contribution in [0.3, 0.4) is 0 Å². The Labute approximate surface area is 70.6 Å². The summed E-state index contributed by atoms with van der Waals surface area (Å²) in [4.78, 5) is 0. The van der Waals surface area contributed by atoms with Gasteiger partial charge in [0.2, 0.25) is 0 Å². The Kier molecular flexibility index (Phi) is 2.58. The molecule has 2 rings (SSSR count). The monoisotopic (exact) mass is 155 g/mol. The molecule has 1 N–H and O–H groups in total. The maximum atomic E-state index is 3.44. The van der Waals surface area contributed by atoms with Crippen molar-refractivity contribution in [3.05, 3.63) is 0 Å². The molecule has 2 unspecified atom stereocenters. The van der Waals surface area contributed by atoms with Gasteiger partial charge in [-0.15, -0.1) is 0 Å². The van der Waals surface area contributed by atoms with Crippen LogP contribution in [0.1, 0.15) is 34.1 Å². The van der Waals surface area contributed by atoms with Crippen LogP contribution in [-0.2, 0) is 0 Å². The second-order valence-electron chi connectivity index (χ2n) is 3.92. The fourth-order valence-corrected chi connectivity index (χ4v) is 2.28. The molecule has 0 aromatic heterocycles. The molecule has 66 valence electrons. The summed E-state index contributed by atoms with van der Waals surface area (Å²) in [5.74, 6) is 1.94. The third kappa shape index (κ3) is 1.31. The smallest absolute Gasteiger partial charge is 0.00136 e. The van der Waals surface area contributed by atoms with Crippen LogP contribution in [0.4, 0.5) is 0 Å². The highest BCUT2D eigenvalue weighted by Crippen LogP contribution is 2.59. The van der Waals surface area contributed by atoms with Gasteiger partial charge >= 0.3 is 0 Å². The average Bonchev–Trinajstić information content (AvgIpc) is 2.60. The standard InChI is InChI=1S/C8H15N.C2H6/c1-6(2)8-3-7(8)4-9-5-8;1-2/h6-7,9H,3-5H2,1-2H3;1-2H3. The Morgan fingerprint density at radius 1 is 1.36 bits per heavy atom. The van der Waals surface area contributed by atoms with Gasteiger partial charge in [-0.3, -0.25) is 0 Å². The van der Waals surface area contributed by atoms with Gasteiger partial charge in [0.05, 0.1) is 0 Å². The van der Waals surface area contributed by atoms with Crippen molar-refractivity contribution >= 4 is 0 Å². The van der Waals surface area contributed by atoms with Crippen LogP contribution >= 0.6 is 0 Å². The van der Waals surface area contributed by atoms with Crippen LogP contribution in [0.25, 0.3) is 0 Å².